The van der Waals surface area contributed by atoms with E-state index in [1.54, 1.807) is 27.7 Å². The highest BCUT2D eigenvalue weighted by molar-refractivity contribution is 7.34. The zero-order chi connectivity index (χ0) is 22.4. The summed E-state index contributed by atoms with van der Waals surface area (Å²) in [6, 6.07) is 5.31. The van der Waals surface area contributed by atoms with E-state index in [0.717, 1.165) is 0 Å². The van der Waals surface area contributed by atoms with Gasteiger partial charge in [0.25, 0.3) is 12.9 Å². The Balaban J connectivity index is 2.34. The van der Waals surface area contributed by atoms with Gasteiger partial charge in [0.2, 0.25) is 0 Å². The number of alkyl halides is 4. The van der Waals surface area contributed by atoms with Gasteiger partial charge in [0.15, 0.2) is 0 Å². The minimum atomic E-state index is -3.10. The lowest BCUT2D eigenvalue weighted by Crippen LogP contribution is -2.04. The van der Waals surface area contributed by atoms with Crippen LogP contribution in [0.25, 0.3) is 0 Å². The first-order valence-electron chi connectivity index (χ1n) is 10.0. The van der Waals surface area contributed by atoms with E-state index in [1.165, 1.54) is 24.3 Å². The molecule has 0 aromatic heterocycles. The van der Waals surface area contributed by atoms with Crippen LogP contribution in [0, 0.1) is 0 Å². The van der Waals surface area contributed by atoms with Crippen molar-refractivity contribution in [2.45, 2.75) is 66.2 Å². The molecule has 0 radical (unpaired) electrons. The molecule has 0 aliphatic carbocycles. The average Bonchev–Trinajstić information content (AvgIpc) is 2.72. The molecular formula is C22H27F4O3P. The van der Waals surface area contributed by atoms with Gasteiger partial charge in [0, 0.05) is 11.1 Å². The van der Waals surface area contributed by atoms with Crippen LogP contribution in [0.2, 0.25) is 0 Å². The van der Waals surface area contributed by atoms with Gasteiger partial charge in [-0.25, -0.2) is 22.1 Å². The number of halogens is 4. The van der Waals surface area contributed by atoms with E-state index >= 15 is 0 Å². The third-order valence-corrected chi connectivity index (χ3v) is 5.89. The van der Waals surface area contributed by atoms with E-state index in [0.29, 0.717) is 47.9 Å². The molecule has 0 heterocycles. The molecule has 0 saturated carbocycles. The Morgan fingerprint density at radius 1 is 0.667 bits per heavy atom. The summed E-state index contributed by atoms with van der Waals surface area (Å²) in [4.78, 5) is 0. The first-order chi connectivity index (χ1) is 14.3. The molecule has 8 heteroatoms. The Hall–Kier alpha value is -2.01. The molecule has 0 amide bonds. The summed E-state index contributed by atoms with van der Waals surface area (Å²) in [5, 5.41) is 0. The van der Waals surface area contributed by atoms with Crippen LogP contribution in [0.3, 0.4) is 0 Å². The lowest BCUT2D eigenvalue weighted by Gasteiger charge is -2.19. The fraction of sp³-hybridized carbons (Fsp3) is 0.455. The molecule has 3 nitrogen and oxygen atoms in total. The Bertz CT molecular complexity index is 829. The largest absolute Gasteiger partial charge is 0.418 e. The van der Waals surface area contributed by atoms with E-state index in [9.17, 15) is 22.1 Å². The molecule has 0 fully saturated rings. The quantitative estimate of drug-likeness (QED) is 0.278. The van der Waals surface area contributed by atoms with Crippen molar-refractivity contribution in [2.75, 3.05) is 0 Å². The summed E-state index contributed by atoms with van der Waals surface area (Å²) < 4.78 is 76.7. The Labute approximate surface area is 175 Å². The number of hydrogen-bond donors (Lipinski definition) is 0. The average molecular weight is 446 g/mol. The van der Waals surface area contributed by atoms with Crippen molar-refractivity contribution in [3.8, 4) is 11.5 Å². The van der Waals surface area contributed by atoms with Crippen LogP contribution in [0.1, 0.15) is 73.9 Å². The minimum absolute atomic E-state index is 0.0641. The van der Waals surface area contributed by atoms with Crippen LogP contribution in [-0.2, 0) is 30.2 Å². The molecule has 2 aromatic carbocycles. The lowest BCUT2D eigenvalue weighted by atomic mass is 9.96. The van der Waals surface area contributed by atoms with Crippen LogP contribution in [0.4, 0.5) is 17.6 Å². The molecule has 0 atom stereocenters. The lowest BCUT2D eigenvalue weighted by molar-refractivity contribution is 0.149. The van der Waals surface area contributed by atoms with Crippen molar-refractivity contribution in [3.63, 3.8) is 0 Å². The predicted octanol–water partition coefficient (Wildman–Crippen LogP) is 7.66. The molecular weight excluding hydrogens is 419 g/mol. The summed E-state index contributed by atoms with van der Waals surface area (Å²) in [6.07, 6.45) is -3.59. The monoisotopic (exact) mass is 446 g/mol. The van der Waals surface area contributed by atoms with Crippen molar-refractivity contribution in [1.82, 2.24) is 0 Å². The second kappa shape index (κ2) is 10.9. The first-order valence-corrected chi connectivity index (χ1v) is 11.3. The highest BCUT2D eigenvalue weighted by Crippen LogP contribution is 2.40. The van der Waals surface area contributed by atoms with Gasteiger partial charge in [-0.05, 0) is 72.2 Å². The number of hydrogen-bond acceptors (Lipinski definition) is 3. The number of benzene rings is 2. The van der Waals surface area contributed by atoms with E-state index < -0.39 is 21.1 Å². The van der Waals surface area contributed by atoms with Crippen molar-refractivity contribution in [1.29, 1.82) is 0 Å². The van der Waals surface area contributed by atoms with E-state index in [2.05, 4.69) is 0 Å². The summed E-state index contributed by atoms with van der Waals surface area (Å²) in [5.74, 6) is 0.473. The third kappa shape index (κ3) is 5.18. The first kappa shape index (κ1) is 24.3. The zero-order valence-electron chi connectivity index (χ0n) is 17.5. The molecule has 0 spiro atoms. The molecule has 0 bridgehead atoms. The van der Waals surface area contributed by atoms with Gasteiger partial charge >= 0.3 is 8.25 Å². The van der Waals surface area contributed by atoms with Crippen LogP contribution in [-0.4, -0.2) is 0 Å². The summed E-state index contributed by atoms with van der Waals surface area (Å²) in [7, 11) is -3.10. The van der Waals surface area contributed by atoms with Gasteiger partial charge in [-0.15, -0.1) is 0 Å². The Morgan fingerprint density at radius 3 is 1.27 bits per heavy atom. The second-order valence-corrected chi connectivity index (χ2v) is 7.60. The predicted molar refractivity (Wildman–Crippen MR) is 111 cm³/mol. The van der Waals surface area contributed by atoms with Gasteiger partial charge in [-0.3, -0.25) is 0 Å². The van der Waals surface area contributed by atoms with Crippen LogP contribution in [0.15, 0.2) is 24.3 Å². The van der Waals surface area contributed by atoms with Crippen molar-refractivity contribution < 1.29 is 31.2 Å². The van der Waals surface area contributed by atoms with Crippen molar-refractivity contribution in [2.24, 2.45) is 0 Å². The van der Waals surface area contributed by atoms with Crippen LogP contribution >= 0.6 is 8.25 Å². The molecule has 0 aliphatic rings. The molecule has 2 rings (SSSR count). The van der Waals surface area contributed by atoms with Gasteiger partial charge < -0.3 is 9.05 Å². The molecule has 0 aliphatic heterocycles. The van der Waals surface area contributed by atoms with Crippen molar-refractivity contribution in [3.05, 3.63) is 57.6 Å². The topological polar surface area (TPSA) is 35.5 Å². The minimum Gasteiger partial charge on any atom is -0.418 e. The smallest absolute Gasteiger partial charge is 0.418 e. The molecule has 0 saturated heterocycles. The zero-order valence-corrected chi connectivity index (χ0v) is 18.5. The third-order valence-electron chi connectivity index (χ3n) is 5.12. The van der Waals surface area contributed by atoms with E-state index in [-0.39, 0.29) is 22.6 Å². The van der Waals surface area contributed by atoms with E-state index in [4.69, 9.17) is 9.05 Å². The molecule has 166 valence electrons. The van der Waals surface area contributed by atoms with Gasteiger partial charge in [-0.1, -0.05) is 27.7 Å². The Morgan fingerprint density at radius 2 is 1.00 bits per heavy atom. The Kier molecular flexibility index (Phi) is 8.78. The SMILES string of the molecule is CCc1c(O[PH](=O)Oc2ccc(C(F)F)c(CC)c2CC)ccc(C(F)F)c1CC. The van der Waals surface area contributed by atoms with Crippen molar-refractivity contribution >= 4 is 8.25 Å². The summed E-state index contributed by atoms with van der Waals surface area (Å²) in [6.45, 7) is 7.16. The van der Waals surface area contributed by atoms with Gasteiger partial charge in [-0.2, -0.15) is 0 Å². The molecule has 2 aromatic rings. The number of rotatable bonds is 10. The highest BCUT2D eigenvalue weighted by Gasteiger charge is 2.21. The normalized spacial score (nSPS) is 11.6. The van der Waals surface area contributed by atoms with E-state index in [1.807, 2.05) is 0 Å². The maximum Gasteiger partial charge on any atom is 0.418 e. The second-order valence-electron chi connectivity index (χ2n) is 6.69. The maximum absolute atomic E-state index is 13.3. The molecule has 30 heavy (non-hydrogen) atoms. The summed E-state index contributed by atoms with van der Waals surface area (Å²) >= 11 is 0. The fourth-order valence-electron chi connectivity index (χ4n) is 3.79. The van der Waals surface area contributed by atoms with Crippen LogP contribution in [0.5, 0.6) is 11.5 Å². The highest BCUT2D eigenvalue weighted by atomic mass is 31.1. The fourth-order valence-corrected chi connectivity index (χ4v) is 4.57. The van der Waals surface area contributed by atoms with Gasteiger partial charge in [0.05, 0.1) is 0 Å². The standard InChI is InChI=1S/C22H27F4O3P/c1-5-13-15(7-3)19(11-9-17(13)21(23)24)28-30(27)29-20-12-10-18(22(25)26)14(6-2)16(20)8-4/h9-12,21-22,30H,5-8H2,1-4H3. The maximum atomic E-state index is 13.3. The molecule has 0 unspecified atom stereocenters. The summed E-state index contributed by atoms with van der Waals surface area (Å²) in [5.41, 5.74) is 1.95. The van der Waals surface area contributed by atoms with Crippen LogP contribution < -0.4 is 9.05 Å². The molecule has 0 N–H and O–H groups in total. The van der Waals surface area contributed by atoms with Gasteiger partial charge in [0.1, 0.15) is 11.5 Å².